The van der Waals surface area contributed by atoms with Crippen molar-refractivity contribution in [3.05, 3.63) is 30.0 Å². The molecule has 1 aliphatic rings. The highest BCUT2D eigenvalue weighted by Gasteiger charge is 2.20. The molecule has 1 N–H and O–H groups in total. The molecule has 1 aromatic carbocycles. The number of anilines is 1. The van der Waals surface area contributed by atoms with Gasteiger partial charge in [0.05, 0.1) is 19.0 Å². The number of hydrogen-bond donors (Lipinski definition) is 1. The maximum absolute atomic E-state index is 5.34. The van der Waals surface area contributed by atoms with Crippen LogP contribution in [0.25, 0.3) is 11.3 Å². The number of ether oxygens (including phenoxy) is 1. The Morgan fingerprint density at radius 1 is 1.44 bits per heavy atom. The molecule has 0 aliphatic carbocycles. The van der Waals surface area contributed by atoms with Crippen LogP contribution in [0.15, 0.2) is 28.9 Å². The lowest BCUT2D eigenvalue weighted by Crippen LogP contribution is -2.03. The summed E-state index contributed by atoms with van der Waals surface area (Å²) in [5.74, 6) is 1.68. The Morgan fingerprint density at radius 3 is 3.25 bits per heavy atom. The van der Waals surface area contributed by atoms with Gasteiger partial charge in [0.1, 0.15) is 5.75 Å². The summed E-state index contributed by atoms with van der Waals surface area (Å²) in [6.45, 7) is 0.863. The van der Waals surface area contributed by atoms with Gasteiger partial charge in [-0.15, -0.1) is 0 Å². The van der Waals surface area contributed by atoms with Crippen molar-refractivity contribution in [2.45, 2.75) is 6.42 Å². The monoisotopic (exact) mass is 216 g/mol. The molecule has 4 heteroatoms. The fourth-order valence-electron chi connectivity index (χ4n) is 2.06. The van der Waals surface area contributed by atoms with Crippen molar-refractivity contribution >= 4 is 5.69 Å². The second-order valence-corrected chi connectivity index (χ2v) is 3.74. The molecule has 0 saturated carbocycles. The quantitative estimate of drug-likeness (QED) is 0.794. The summed E-state index contributed by atoms with van der Waals surface area (Å²) in [4.78, 5) is 0. The topological polar surface area (TPSA) is 47.3 Å². The molecule has 4 nitrogen and oxygen atoms in total. The summed E-state index contributed by atoms with van der Waals surface area (Å²) in [5.41, 5.74) is 3.14. The van der Waals surface area contributed by atoms with Gasteiger partial charge in [0.25, 0.3) is 0 Å². The smallest absolute Gasteiger partial charge is 0.172 e. The van der Waals surface area contributed by atoms with Crippen molar-refractivity contribution in [3.63, 3.8) is 0 Å². The summed E-state index contributed by atoms with van der Waals surface area (Å²) in [6, 6.07) is 5.91. The van der Waals surface area contributed by atoms with Gasteiger partial charge in [0, 0.05) is 17.7 Å². The van der Waals surface area contributed by atoms with E-state index < -0.39 is 0 Å². The van der Waals surface area contributed by atoms with Crippen molar-refractivity contribution in [3.8, 4) is 17.1 Å². The van der Waals surface area contributed by atoms with Crippen LogP contribution in [0.4, 0.5) is 5.69 Å². The Balaban J connectivity index is 2.25. The highest BCUT2D eigenvalue weighted by Crippen LogP contribution is 2.38. The van der Waals surface area contributed by atoms with E-state index in [1.54, 1.807) is 13.3 Å². The Hall–Kier alpha value is -1.97. The number of fused-ring (bicyclic) bond motifs is 3. The van der Waals surface area contributed by atoms with E-state index in [-0.39, 0.29) is 0 Å². The molecule has 0 atom stereocenters. The van der Waals surface area contributed by atoms with Gasteiger partial charge in [0.15, 0.2) is 5.76 Å². The van der Waals surface area contributed by atoms with Crippen LogP contribution in [0.3, 0.4) is 0 Å². The van der Waals surface area contributed by atoms with Gasteiger partial charge in [-0.2, -0.15) is 0 Å². The molecule has 1 aliphatic heterocycles. The Labute approximate surface area is 93.2 Å². The van der Waals surface area contributed by atoms with Gasteiger partial charge >= 0.3 is 0 Å². The first-order chi connectivity index (χ1) is 7.90. The van der Waals surface area contributed by atoms with Crippen LogP contribution in [-0.2, 0) is 6.42 Å². The number of methoxy groups -OCH3 is 1. The SMILES string of the molecule is COc1cccc2c1NCCc1cnoc1-2. The molecule has 0 spiro atoms. The third-order valence-electron chi connectivity index (χ3n) is 2.83. The van der Waals surface area contributed by atoms with Crippen LogP contribution < -0.4 is 10.1 Å². The Kier molecular flexibility index (Phi) is 2.06. The average Bonchev–Trinajstić information content (AvgIpc) is 2.71. The standard InChI is InChI=1S/C12H12N2O2/c1-15-10-4-2-3-9-11(10)13-6-5-8-7-14-16-12(8)9/h2-4,7,13H,5-6H2,1H3. The van der Waals surface area contributed by atoms with E-state index >= 15 is 0 Å². The predicted molar refractivity (Wildman–Crippen MR) is 60.7 cm³/mol. The van der Waals surface area contributed by atoms with Crippen LogP contribution in [0.5, 0.6) is 5.75 Å². The minimum Gasteiger partial charge on any atom is -0.495 e. The van der Waals surface area contributed by atoms with E-state index in [1.165, 1.54) is 0 Å². The van der Waals surface area contributed by atoms with Gasteiger partial charge in [-0.1, -0.05) is 11.2 Å². The van der Waals surface area contributed by atoms with Gasteiger partial charge in [-0.25, -0.2) is 0 Å². The lowest BCUT2D eigenvalue weighted by Gasteiger charge is -2.11. The molecule has 0 fully saturated rings. The normalized spacial score (nSPS) is 13.3. The molecule has 0 bridgehead atoms. The summed E-state index contributed by atoms with van der Waals surface area (Å²) < 4.78 is 10.7. The number of hydrogen-bond acceptors (Lipinski definition) is 4. The fourth-order valence-corrected chi connectivity index (χ4v) is 2.06. The van der Waals surface area contributed by atoms with Crippen molar-refractivity contribution in [1.82, 2.24) is 5.16 Å². The number of para-hydroxylation sites is 1. The molecule has 1 aromatic heterocycles. The lowest BCUT2D eigenvalue weighted by atomic mass is 10.1. The largest absolute Gasteiger partial charge is 0.495 e. The molecule has 2 aromatic rings. The third-order valence-corrected chi connectivity index (χ3v) is 2.83. The zero-order valence-corrected chi connectivity index (χ0v) is 8.99. The number of benzene rings is 1. The van der Waals surface area contributed by atoms with Crippen molar-refractivity contribution in [1.29, 1.82) is 0 Å². The van der Waals surface area contributed by atoms with Gasteiger partial charge < -0.3 is 14.6 Å². The number of rotatable bonds is 1. The van der Waals surface area contributed by atoms with Gasteiger partial charge in [0.2, 0.25) is 0 Å². The highest BCUT2D eigenvalue weighted by molar-refractivity contribution is 5.82. The number of aromatic nitrogens is 1. The molecule has 82 valence electrons. The molecular formula is C12H12N2O2. The van der Waals surface area contributed by atoms with E-state index in [0.717, 1.165) is 41.3 Å². The van der Waals surface area contributed by atoms with E-state index in [9.17, 15) is 0 Å². The second-order valence-electron chi connectivity index (χ2n) is 3.74. The minimum absolute atomic E-state index is 0.835. The average molecular weight is 216 g/mol. The van der Waals surface area contributed by atoms with Crippen molar-refractivity contribution in [2.75, 3.05) is 19.0 Å². The molecule has 2 heterocycles. The summed E-state index contributed by atoms with van der Waals surface area (Å²) in [5, 5.41) is 7.22. The number of nitrogens with zero attached hydrogens (tertiary/aromatic N) is 1. The third kappa shape index (κ3) is 1.26. The zero-order chi connectivity index (χ0) is 11.0. The van der Waals surface area contributed by atoms with Crippen LogP contribution >= 0.6 is 0 Å². The van der Waals surface area contributed by atoms with Gasteiger partial charge in [-0.05, 0) is 18.6 Å². The molecule has 0 saturated heterocycles. The minimum atomic E-state index is 0.835. The first kappa shape index (κ1) is 9.27. The number of nitrogens with one attached hydrogen (secondary N) is 1. The molecule has 3 rings (SSSR count). The maximum Gasteiger partial charge on any atom is 0.172 e. The summed E-state index contributed by atoms with van der Waals surface area (Å²) in [6.07, 6.45) is 2.70. The van der Waals surface area contributed by atoms with E-state index in [1.807, 2.05) is 18.2 Å². The Bertz CT molecular complexity index is 519. The molecule has 0 radical (unpaired) electrons. The zero-order valence-electron chi connectivity index (χ0n) is 8.99. The van der Waals surface area contributed by atoms with Crippen molar-refractivity contribution < 1.29 is 9.26 Å². The Morgan fingerprint density at radius 2 is 2.38 bits per heavy atom. The van der Waals surface area contributed by atoms with E-state index in [0.29, 0.717) is 0 Å². The summed E-state index contributed by atoms with van der Waals surface area (Å²) >= 11 is 0. The first-order valence-corrected chi connectivity index (χ1v) is 5.25. The van der Waals surface area contributed by atoms with Crippen LogP contribution in [0.1, 0.15) is 5.56 Å². The van der Waals surface area contributed by atoms with Gasteiger partial charge in [-0.3, -0.25) is 0 Å². The molecule has 16 heavy (non-hydrogen) atoms. The molecule has 0 amide bonds. The fraction of sp³-hybridized carbons (Fsp3) is 0.250. The second kappa shape index (κ2) is 3.56. The highest BCUT2D eigenvalue weighted by atomic mass is 16.5. The van der Waals surface area contributed by atoms with Crippen LogP contribution in [-0.4, -0.2) is 18.8 Å². The van der Waals surface area contributed by atoms with Crippen LogP contribution in [0, 0.1) is 0 Å². The van der Waals surface area contributed by atoms with Crippen molar-refractivity contribution in [2.24, 2.45) is 0 Å². The summed E-state index contributed by atoms with van der Waals surface area (Å²) in [7, 11) is 1.67. The van der Waals surface area contributed by atoms with Crippen LogP contribution in [0.2, 0.25) is 0 Å². The van der Waals surface area contributed by atoms with E-state index in [4.69, 9.17) is 9.26 Å². The lowest BCUT2D eigenvalue weighted by molar-refractivity contribution is 0.415. The maximum atomic E-state index is 5.34. The first-order valence-electron chi connectivity index (χ1n) is 5.25. The van der Waals surface area contributed by atoms with E-state index in [2.05, 4.69) is 10.5 Å². The predicted octanol–water partition coefficient (Wildman–Crippen LogP) is 2.32. The molecular weight excluding hydrogens is 204 g/mol. The molecule has 0 unspecified atom stereocenters.